The minimum Gasteiger partial charge on any atom is -0.0853 e. The van der Waals surface area contributed by atoms with Crippen LogP contribution in [0.3, 0.4) is 0 Å². The molecule has 0 saturated heterocycles. The fourth-order valence-corrected chi connectivity index (χ4v) is 2.85. The standard InChI is InChI=1S/C13H22/c1-3-7-12-9-5-2-6-10-13(11-12)8-4-1/h7,13H,1-6,8-11H2/b12-7-. The number of fused-ring (bicyclic) bond motifs is 2. The SMILES string of the molecule is C1=C2/CCCCCC(CCCC/1)C2. The van der Waals surface area contributed by atoms with Gasteiger partial charge in [-0.25, -0.2) is 0 Å². The van der Waals surface area contributed by atoms with E-state index >= 15 is 0 Å². The Morgan fingerprint density at radius 2 is 1.77 bits per heavy atom. The molecule has 13 heavy (non-hydrogen) atoms. The van der Waals surface area contributed by atoms with E-state index in [1.54, 1.807) is 5.57 Å². The molecule has 1 unspecified atom stereocenters. The van der Waals surface area contributed by atoms with Gasteiger partial charge in [0, 0.05) is 0 Å². The van der Waals surface area contributed by atoms with E-state index in [2.05, 4.69) is 6.08 Å². The van der Waals surface area contributed by atoms with Gasteiger partial charge in [-0.15, -0.1) is 0 Å². The van der Waals surface area contributed by atoms with E-state index < -0.39 is 0 Å². The molecule has 2 aliphatic rings. The largest absolute Gasteiger partial charge is 0.0853 e. The molecule has 0 aromatic carbocycles. The number of hydrogen-bond acceptors (Lipinski definition) is 0. The lowest BCUT2D eigenvalue weighted by molar-refractivity contribution is 0.380. The topological polar surface area (TPSA) is 0 Å². The van der Waals surface area contributed by atoms with Gasteiger partial charge < -0.3 is 0 Å². The highest BCUT2D eigenvalue weighted by Crippen LogP contribution is 2.31. The van der Waals surface area contributed by atoms with Crippen molar-refractivity contribution < 1.29 is 0 Å². The molecule has 0 aliphatic heterocycles. The molecule has 0 aromatic heterocycles. The molecular formula is C13H22. The first-order valence-corrected chi connectivity index (χ1v) is 6.13. The van der Waals surface area contributed by atoms with Crippen molar-refractivity contribution in [3.63, 3.8) is 0 Å². The predicted octanol–water partition coefficient (Wildman–Crippen LogP) is 4.46. The lowest BCUT2D eigenvalue weighted by Crippen LogP contribution is -2.07. The third-order valence-electron chi connectivity index (χ3n) is 3.66. The highest BCUT2D eigenvalue weighted by molar-refractivity contribution is 5.04. The highest BCUT2D eigenvalue weighted by atomic mass is 14.2. The highest BCUT2D eigenvalue weighted by Gasteiger charge is 2.15. The molecule has 0 aromatic rings. The second kappa shape index (κ2) is 4.83. The van der Waals surface area contributed by atoms with Crippen molar-refractivity contribution >= 4 is 0 Å². The second-order valence-electron chi connectivity index (χ2n) is 4.82. The Morgan fingerprint density at radius 1 is 0.923 bits per heavy atom. The Hall–Kier alpha value is -0.260. The van der Waals surface area contributed by atoms with E-state index in [1.807, 2.05) is 0 Å². The van der Waals surface area contributed by atoms with Crippen LogP contribution in [0.2, 0.25) is 0 Å². The number of rotatable bonds is 0. The van der Waals surface area contributed by atoms with Gasteiger partial charge in [-0.2, -0.15) is 0 Å². The molecule has 0 heterocycles. The molecule has 1 atom stereocenters. The van der Waals surface area contributed by atoms with E-state index in [1.165, 1.54) is 64.2 Å². The Labute approximate surface area is 82.4 Å². The van der Waals surface area contributed by atoms with Gasteiger partial charge in [0.1, 0.15) is 0 Å². The summed E-state index contributed by atoms with van der Waals surface area (Å²) in [5.41, 5.74) is 1.80. The second-order valence-corrected chi connectivity index (χ2v) is 4.82. The van der Waals surface area contributed by atoms with Crippen LogP contribution in [0.15, 0.2) is 11.6 Å². The molecule has 1 fully saturated rings. The van der Waals surface area contributed by atoms with Gasteiger partial charge in [-0.1, -0.05) is 43.8 Å². The van der Waals surface area contributed by atoms with E-state index in [0.29, 0.717) is 0 Å². The van der Waals surface area contributed by atoms with E-state index in [0.717, 1.165) is 5.92 Å². The summed E-state index contributed by atoms with van der Waals surface area (Å²) in [6.07, 6.45) is 17.2. The summed E-state index contributed by atoms with van der Waals surface area (Å²) in [6, 6.07) is 0. The summed E-state index contributed by atoms with van der Waals surface area (Å²) in [4.78, 5) is 0. The minimum atomic E-state index is 1.05. The maximum absolute atomic E-state index is 2.55. The van der Waals surface area contributed by atoms with Crippen molar-refractivity contribution in [2.45, 2.75) is 64.2 Å². The van der Waals surface area contributed by atoms with Crippen molar-refractivity contribution in [1.29, 1.82) is 0 Å². The van der Waals surface area contributed by atoms with Crippen LogP contribution in [0.1, 0.15) is 64.2 Å². The van der Waals surface area contributed by atoms with Crippen LogP contribution in [0.5, 0.6) is 0 Å². The van der Waals surface area contributed by atoms with E-state index in [-0.39, 0.29) is 0 Å². The first-order chi connectivity index (χ1) is 6.45. The third kappa shape index (κ3) is 2.86. The lowest BCUT2D eigenvalue weighted by Gasteiger charge is -2.23. The van der Waals surface area contributed by atoms with Crippen molar-refractivity contribution in [1.82, 2.24) is 0 Å². The average Bonchev–Trinajstić information content (AvgIpc) is 2.00. The smallest absolute Gasteiger partial charge is 0.0292 e. The Morgan fingerprint density at radius 3 is 2.69 bits per heavy atom. The summed E-state index contributed by atoms with van der Waals surface area (Å²) < 4.78 is 0. The Bertz CT molecular complexity index is 178. The van der Waals surface area contributed by atoms with Gasteiger partial charge in [0.15, 0.2) is 0 Å². The maximum Gasteiger partial charge on any atom is -0.0292 e. The summed E-state index contributed by atoms with van der Waals surface area (Å²) in [7, 11) is 0. The molecule has 0 spiro atoms. The van der Waals surface area contributed by atoms with E-state index in [4.69, 9.17) is 0 Å². The van der Waals surface area contributed by atoms with Crippen LogP contribution in [0.4, 0.5) is 0 Å². The summed E-state index contributed by atoms with van der Waals surface area (Å²) >= 11 is 0. The quantitative estimate of drug-likeness (QED) is 0.480. The average molecular weight is 178 g/mol. The minimum absolute atomic E-state index is 1.05. The Balaban J connectivity index is 2.01. The summed E-state index contributed by atoms with van der Waals surface area (Å²) in [5, 5.41) is 0. The van der Waals surface area contributed by atoms with Gasteiger partial charge in [-0.3, -0.25) is 0 Å². The molecule has 0 heteroatoms. The molecule has 74 valence electrons. The molecular weight excluding hydrogens is 156 g/mol. The fourth-order valence-electron chi connectivity index (χ4n) is 2.85. The van der Waals surface area contributed by atoms with Crippen LogP contribution in [-0.2, 0) is 0 Å². The number of allylic oxidation sites excluding steroid dienone is 2. The Kier molecular flexibility index (Phi) is 3.46. The van der Waals surface area contributed by atoms with Gasteiger partial charge >= 0.3 is 0 Å². The van der Waals surface area contributed by atoms with Gasteiger partial charge in [-0.05, 0) is 38.0 Å². The van der Waals surface area contributed by atoms with Crippen LogP contribution in [-0.4, -0.2) is 0 Å². The predicted molar refractivity (Wildman–Crippen MR) is 57.7 cm³/mol. The molecule has 2 bridgehead atoms. The molecule has 0 amide bonds. The number of hydrogen-bond donors (Lipinski definition) is 0. The molecule has 0 nitrogen and oxygen atoms in total. The van der Waals surface area contributed by atoms with Gasteiger partial charge in [0.25, 0.3) is 0 Å². The first-order valence-electron chi connectivity index (χ1n) is 6.13. The molecule has 0 radical (unpaired) electrons. The van der Waals surface area contributed by atoms with Crippen molar-refractivity contribution in [3.8, 4) is 0 Å². The zero-order chi connectivity index (χ0) is 8.93. The zero-order valence-corrected chi connectivity index (χ0v) is 8.73. The fraction of sp³-hybridized carbons (Fsp3) is 0.846. The van der Waals surface area contributed by atoms with Gasteiger partial charge in [0.2, 0.25) is 0 Å². The normalized spacial score (nSPS) is 34.8. The van der Waals surface area contributed by atoms with Crippen molar-refractivity contribution in [2.24, 2.45) is 5.92 Å². The monoisotopic (exact) mass is 178 g/mol. The summed E-state index contributed by atoms with van der Waals surface area (Å²) in [6.45, 7) is 0. The lowest BCUT2D eigenvalue weighted by atomic mass is 9.83. The van der Waals surface area contributed by atoms with Crippen molar-refractivity contribution in [3.05, 3.63) is 11.6 Å². The third-order valence-corrected chi connectivity index (χ3v) is 3.66. The van der Waals surface area contributed by atoms with Crippen LogP contribution >= 0.6 is 0 Å². The molecule has 0 N–H and O–H groups in total. The first kappa shape index (κ1) is 9.30. The van der Waals surface area contributed by atoms with Crippen molar-refractivity contribution in [2.75, 3.05) is 0 Å². The molecule has 2 rings (SSSR count). The van der Waals surface area contributed by atoms with Crippen LogP contribution in [0, 0.1) is 5.92 Å². The molecule has 1 saturated carbocycles. The zero-order valence-electron chi connectivity index (χ0n) is 8.73. The molecule has 2 aliphatic carbocycles. The van der Waals surface area contributed by atoms with Crippen LogP contribution in [0.25, 0.3) is 0 Å². The van der Waals surface area contributed by atoms with E-state index in [9.17, 15) is 0 Å². The summed E-state index contributed by atoms with van der Waals surface area (Å²) in [5.74, 6) is 1.05. The maximum atomic E-state index is 2.55. The van der Waals surface area contributed by atoms with Crippen LogP contribution < -0.4 is 0 Å². The van der Waals surface area contributed by atoms with Gasteiger partial charge in [0.05, 0.1) is 0 Å².